The summed E-state index contributed by atoms with van der Waals surface area (Å²) in [6.07, 6.45) is 1.08. The number of amides is 2. The van der Waals surface area contributed by atoms with Gasteiger partial charge < -0.3 is 20.2 Å². The fourth-order valence-electron chi connectivity index (χ4n) is 2.76. The molecule has 6 heteroatoms. The summed E-state index contributed by atoms with van der Waals surface area (Å²) in [6.45, 7) is 0.343. The van der Waals surface area contributed by atoms with E-state index >= 15 is 0 Å². The van der Waals surface area contributed by atoms with Crippen molar-refractivity contribution in [3.05, 3.63) is 72.2 Å². The van der Waals surface area contributed by atoms with Crippen molar-refractivity contribution in [2.24, 2.45) is 0 Å². The number of hydrogen-bond donors (Lipinski definition) is 3. The lowest BCUT2D eigenvalue weighted by atomic mass is 9.99. The first-order chi connectivity index (χ1) is 12.6. The lowest BCUT2D eigenvalue weighted by Crippen LogP contribution is -2.40. The third-order valence-electron chi connectivity index (χ3n) is 4.10. The van der Waals surface area contributed by atoms with Gasteiger partial charge in [0.25, 0.3) is 0 Å². The summed E-state index contributed by atoms with van der Waals surface area (Å²) in [5.41, 5.74) is 0.805. The van der Waals surface area contributed by atoms with Crippen molar-refractivity contribution < 1.29 is 19.1 Å². The molecule has 0 spiro atoms. The Morgan fingerprint density at radius 1 is 0.962 bits per heavy atom. The zero-order chi connectivity index (χ0) is 18.4. The predicted molar refractivity (Wildman–Crippen MR) is 97.1 cm³/mol. The van der Waals surface area contributed by atoms with E-state index in [1.165, 1.54) is 6.26 Å². The summed E-state index contributed by atoms with van der Waals surface area (Å²) in [5.74, 6) is -0.903. The van der Waals surface area contributed by atoms with Gasteiger partial charge in [0.2, 0.25) is 0 Å². The minimum atomic E-state index is -0.735. The van der Waals surface area contributed by atoms with Crippen LogP contribution in [0.3, 0.4) is 0 Å². The molecule has 2 aromatic carbocycles. The summed E-state index contributed by atoms with van der Waals surface area (Å²) in [6, 6.07) is 17.0. The molecular formula is C20H20N2O4. The van der Waals surface area contributed by atoms with Gasteiger partial charge in [0, 0.05) is 6.54 Å². The molecule has 134 valence electrons. The van der Waals surface area contributed by atoms with Crippen LogP contribution in [0.15, 0.2) is 65.3 Å². The van der Waals surface area contributed by atoms with Gasteiger partial charge >= 0.3 is 11.8 Å². The highest BCUT2D eigenvalue weighted by molar-refractivity contribution is 6.35. The number of aliphatic hydroxyl groups excluding tert-OH is 1. The Balaban J connectivity index is 1.49. The zero-order valence-electron chi connectivity index (χ0n) is 14.1. The van der Waals surface area contributed by atoms with E-state index in [9.17, 15) is 14.7 Å². The highest BCUT2D eigenvalue weighted by Gasteiger charge is 2.15. The van der Waals surface area contributed by atoms with Gasteiger partial charge in [0.1, 0.15) is 5.76 Å². The van der Waals surface area contributed by atoms with E-state index in [0.717, 1.165) is 16.3 Å². The quantitative estimate of drug-likeness (QED) is 0.594. The summed E-state index contributed by atoms with van der Waals surface area (Å²) >= 11 is 0. The van der Waals surface area contributed by atoms with Gasteiger partial charge in [-0.2, -0.15) is 0 Å². The molecule has 3 rings (SSSR count). The average Bonchev–Trinajstić information content (AvgIpc) is 3.19. The molecule has 1 heterocycles. The fourth-order valence-corrected chi connectivity index (χ4v) is 2.76. The van der Waals surface area contributed by atoms with E-state index in [1.807, 2.05) is 42.5 Å². The van der Waals surface area contributed by atoms with Crippen LogP contribution in [-0.2, 0) is 16.1 Å². The summed E-state index contributed by atoms with van der Waals surface area (Å²) in [7, 11) is 0. The van der Waals surface area contributed by atoms with E-state index in [-0.39, 0.29) is 13.1 Å². The van der Waals surface area contributed by atoms with Gasteiger partial charge in [-0.1, -0.05) is 42.5 Å². The third-order valence-corrected chi connectivity index (χ3v) is 4.10. The number of hydrogen-bond acceptors (Lipinski definition) is 4. The van der Waals surface area contributed by atoms with Crippen LogP contribution in [0, 0.1) is 0 Å². The molecular weight excluding hydrogens is 332 g/mol. The maximum absolute atomic E-state index is 11.8. The molecule has 0 radical (unpaired) electrons. The van der Waals surface area contributed by atoms with Crippen molar-refractivity contribution in [1.29, 1.82) is 0 Å². The Kier molecular flexibility index (Phi) is 5.66. The number of benzene rings is 2. The Morgan fingerprint density at radius 3 is 2.54 bits per heavy atom. The second-order valence-electron chi connectivity index (χ2n) is 5.89. The lowest BCUT2D eigenvalue weighted by Gasteiger charge is -2.14. The number of furan rings is 1. The number of nitrogens with one attached hydrogen (secondary N) is 2. The molecule has 0 aliphatic carbocycles. The van der Waals surface area contributed by atoms with Crippen LogP contribution in [0.2, 0.25) is 0 Å². The van der Waals surface area contributed by atoms with Crippen molar-refractivity contribution in [1.82, 2.24) is 10.6 Å². The van der Waals surface area contributed by atoms with Crippen LogP contribution in [0.1, 0.15) is 23.8 Å². The Labute approximate surface area is 150 Å². The van der Waals surface area contributed by atoms with Crippen LogP contribution < -0.4 is 10.6 Å². The number of rotatable bonds is 6. The normalized spacial score (nSPS) is 11.9. The lowest BCUT2D eigenvalue weighted by molar-refractivity contribution is -0.139. The number of aliphatic hydroxyl groups is 1. The van der Waals surface area contributed by atoms with E-state index in [0.29, 0.717) is 12.2 Å². The monoisotopic (exact) mass is 352 g/mol. The van der Waals surface area contributed by atoms with Crippen LogP contribution in [-0.4, -0.2) is 23.5 Å². The summed E-state index contributed by atoms with van der Waals surface area (Å²) in [4.78, 5) is 23.5. The van der Waals surface area contributed by atoms with Gasteiger partial charge in [0.15, 0.2) is 0 Å². The largest absolute Gasteiger partial charge is 0.467 e. The van der Waals surface area contributed by atoms with Crippen molar-refractivity contribution in [2.75, 3.05) is 6.54 Å². The molecule has 0 fully saturated rings. The summed E-state index contributed by atoms with van der Waals surface area (Å²) in [5, 5.41) is 17.4. The van der Waals surface area contributed by atoms with E-state index < -0.39 is 17.9 Å². The molecule has 6 nitrogen and oxygen atoms in total. The third kappa shape index (κ3) is 4.29. The first kappa shape index (κ1) is 17.7. The van der Waals surface area contributed by atoms with Crippen LogP contribution >= 0.6 is 0 Å². The average molecular weight is 352 g/mol. The van der Waals surface area contributed by atoms with Gasteiger partial charge in [0.05, 0.1) is 18.9 Å². The standard InChI is InChI=1S/C20H20N2O4/c23-18(17-9-3-6-14-5-1-2-8-16(14)17)10-11-21-19(24)20(25)22-13-15-7-4-12-26-15/h1-9,12,18,23H,10-11,13H2,(H,21,24)(H,22,25). The van der Waals surface area contributed by atoms with E-state index in [2.05, 4.69) is 10.6 Å². The first-order valence-corrected chi connectivity index (χ1v) is 8.39. The summed E-state index contributed by atoms with van der Waals surface area (Å²) < 4.78 is 5.08. The number of fused-ring (bicyclic) bond motifs is 1. The van der Waals surface area contributed by atoms with Crippen molar-refractivity contribution in [2.45, 2.75) is 19.1 Å². The van der Waals surface area contributed by atoms with Crippen LogP contribution in [0.5, 0.6) is 0 Å². The Hall–Kier alpha value is -3.12. The molecule has 0 aliphatic heterocycles. The molecule has 0 aliphatic rings. The number of carbonyl (C=O) groups is 2. The van der Waals surface area contributed by atoms with Crippen molar-refractivity contribution >= 4 is 22.6 Å². The molecule has 1 aromatic heterocycles. The second kappa shape index (κ2) is 8.31. The van der Waals surface area contributed by atoms with Gasteiger partial charge in [-0.05, 0) is 34.9 Å². The molecule has 3 N–H and O–H groups in total. The second-order valence-corrected chi connectivity index (χ2v) is 5.89. The molecule has 0 saturated heterocycles. The zero-order valence-corrected chi connectivity index (χ0v) is 14.1. The molecule has 3 aromatic rings. The fraction of sp³-hybridized carbons (Fsp3) is 0.200. The molecule has 0 saturated carbocycles. The minimum Gasteiger partial charge on any atom is -0.467 e. The first-order valence-electron chi connectivity index (χ1n) is 8.39. The minimum absolute atomic E-state index is 0.151. The van der Waals surface area contributed by atoms with Crippen molar-refractivity contribution in [3.8, 4) is 0 Å². The number of carbonyl (C=O) groups excluding carboxylic acids is 2. The highest BCUT2D eigenvalue weighted by Crippen LogP contribution is 2.25. The van der Waals surface area contributed by atoms with E-state index in [1.54, 1.807) is 12.1 Å². The Morgan fingerprint density at radius 2 is 1.73 bits per heavy atom. The SMILES string of the molecule is O=C(NCCC(O)c1cccc2ccccc12)C(=O)NCc1ccco1. The predicted octanol–water partition coefficient (Wildman–Crippen LogP) is 2.29. The molecule has 2 amide bonds. The molecule has 26 heavy (non-hydrogen) atoms. The van der Waals surface area contributed by atoms with Crippen LogP contribution in [0.25, 0.3) is 10.8 Å². The smallest absolute Gasteiger partial charge is 0.309 e. The maximum atomic E-state index is 11.8. The molecule has 1 unspecified atom stereocenters. The Bertz CT molecular complexity index is 884. The van der Waals surface area contributed by atoms with Gasteiger partial charge in [-0.3, -0.25) is 9.59 Å². The van der Waals surface area contributed by atoms with Gasteiger partial charge in [-0.25, -0.2) is 0 Å². The van der Waals surface area contributed by atoms with E-state index in [4.69, 9.17) is 4.42 Å². The maximum Gasteiger partial charge on any atom is 0.309 e. The molecule has 0 bridgehead atoms. The highest BCUT2D eigenvalue weighted by atomic mass is 16.3. The van der Waals surface area contributed by atoms with Crippen molar-refractivity contribution in [3.63, 3.8) is 0 Å². The molecule has 1 atom stereocenters. The van der Waals surface area contributed by atoms with Crippen LogP contribution in [0.4, 0.5) is 0 Å². The topological polar surface area (TPSA) is 91.6 Å². The van der Waals surface area contributed by atoms with Gasteiger partial charge in [-0.15, -0.1) is 0 Å².